The molecule has 0 aliphatic heterocycles. The molecular formula is C27H33F2IN4O2. The third-order valence-electron chi connectivity index (χ3n) is 5.94. The molecule has 6 nitrogen and oxygen atoms in total. The van der Waals surface area contributed by atoms with Gasteiger partial charge in [-0.2, -0.15) is 0 Å². The molecule has 9 heteroatoms. The van der Waals surface area contributed by atoms with Crippen LogP contribution in [0.1, 0.15) is 44.6 Å². The normalized spacial score (nSPS) is 13.4. The van der Waals surface area contributed by atoms with Crippen molar-refractivity contribution in [1.82, 2.24) is 14.5 Å². The standard InChI is InChI=1S/C27H33F2IN4O2/c1-27(2,3)25(34(24(35)18-36-30)13-12-22(31)15-28)26-32-23(20-10-7-11-21(29)14-20)17-33(26)16-19-8-5-4-6-9-19/h4-11,14,17,22,25H,12-13,15-16,18,31H2,1-3H3/t22-,25-/m0/s1. The van der Waals surface area contributed by atoms with Gasteiger partial charge in [0.2, 0.25) is 5.91 Å². The van der Waals surface area contributed by atoms with Crippen molar-refractivity contribution in [1.29, 1.82) is 0 Å². The van der Waals surface area contributed by atoms with Gasteiger partial charge >= 0.3 is 0 Å². The minimum atomic E-state index is -0.673. The van der Waals surface area contributed by atoms with Crippen LogP contribution in [0.5, 0.6) is 0 Å². The second kappa shape index (κ2) is 12.7. The number of carbonyl (C=O) groups excluding carboxylic acids is 1. The molecule has 1 amide bonds. The summed E-state index contributed by atoms with van der Waals surface area (Å²) in [4.78, 5) is 19.9. The Labute approximate surface area is 225 Å². The molecule has 0 unspecified atom stereocenters. The van der Waals surface area contributed by atoms with E-state index in [0.717, 1.165) is 5.56 Å². The number of nitrogens with two attached hydrogens (primary N) is 1. The Hall–Kier alpha value is -2.37. The predicted molar refractivity (Wildman–Crippen MR) is 146 cm³/mol. The summed E-state index contributed by atoms with van der Waals surface area (Å²) in [6.07, 6.45) is 2.19. The number of carbonyl (C=O) groups is 1. The first-order valence-electron chi connectivity index (χ1n) is 11.9. The average Bonchev–Trinajstić information content (AvgIpc) is 3.24. The summed E-state index contributed by atoms with van der Waals surface area (Å²) in [6.45, 7) is 6.05. The van der Waals surface area contributed by atoms with Gasteiger partial charge in [0.15, 0.2) is 0 Å². The molecule has 3 aromatic rings. The summed E-state index contributed by atoms with van der Waals surface area (Å²) in [5, 5.41) is 0. The van der Waals surface area contributed by atoms with Crippen LogP contribution in [0.2, 0.25) is 0 Å². The number of halogens is 3. The van der Waals surface area contributed by atoms with Gasteiger partial charge in [-0.1, -0.05) is 63.2 Å². The summed E-state index contributed by atoms with van der Waals surface area (Å²) < 4.78 is 34.4. The Kier molecular flexibility index (Phi) is 9.98. The van der Waals surface area contributed by atoms with Gasteiger partial charge in [-0.25, -0.2) is 13.8 Å². The number of alkyl halides is 1. The van der Waals surface area contributed by atoms with Gasteiger partial charge in [-0.15, -0.1) is 0 Å². The van der Waals surface area contributed by atoms with Gasteiger partial charge in [0.05, 0.1) is 11.7 Å². The molecule has 1 heterocycles. The fourth-order valence-corrected chi connectivity index (χ4v) is 4.51. The van der Waals surface area contributed by atoms with Crippen LogP contribution in [0.3, 0.4) is 0 Å². The van der Waals surface area contributed by atoms with Gasteiger partial charge < -0.3 is 18.3 Å². The van der Waals surface area contributed by atoms with E-state index in [9.17, 15) is 13.6 Å². The minimum Gasteiger partial charge on any atom is -0.330 e. The summed E-state index contributed by atoms with van der Waals surface area (Å²) in [6, 6.07) is 15.1. The number of aromatic nitrogens is 2. The molecule has 1 aromatic heterocycles. The second-order valence-electron chi connectivity index (χ2n) is 9.92. The molecule has 194 valence electrons. The number of amides is 1. The van der Waals surface area contributed by atoms with Gasteiger partial charge in [0.25, 0.3) is 0 Å². The Balaban J connectivity index is 2.15. The molecule has 0 radical (unpaired) electrons. The van der Waals surface area contributed by atoms with E-state index in [1.807, 2.05) is 61.9 Å². The van der Waals surface area contributed by atoms with Crippen molar-refractivity contribution in [3.05, 3.63) is 78.0 Å². The summed E-state index contributed by atoms with van der Waals surface area (Å²) in [7, 11) is 0. The van der Waals surface area contributed by atoms with E-state index in [0.29, 0.717) is 30.0 Å². The molecule has 0 saturated carbocycles. The first kappa shape index (κ1) is 28.2. The average molecular weight is 610 g/mol. The highest BCUT2D eigenvalue weighted by Crippen LogP contribution is 2.39. The predicted octanol–water partition coefficient (Wildman–Crippen LogP) is 5.71. The van der Waals surface area contributed by atoms with Crippen LogP contribution in [0.25, 0.3) is 11.3 Å². The van der Waals surface area contributed by atoms with Crippen LogP contribution in [0, 0.1) is 11.2 Å². The van der Waals surface area contributed by atoms with Crippen molar-refractivity contribution in [3.8, 4) is 11.3 Å². The summed E-state index contributed by atoms with van der Waals surface area (Å²) in [5.74, 6) is 0.0634. The lowest BCUT2D eigenvalue weighted by Gasteiger charge is -2.40. The number of benzene rings is 2. The number of rotatable bonds is 11. The number of hydrogen-bond acceptors (Lipinski definition) is 4. The van der Waals surface area contributed by atoms with E-state index in [4.69, 9.17) is 13.8 Å². The third-order valence-corrected chi connectivity index (χ3v) is 6.25. The van der Waals surface area contributed by atoms with E-state index in [-0.39, 0.29) is 24.9 Å². The van der Waals surface area contributed by atoms with Gasteiger partial charge in [-0.3, -0.25) is 4.79 Å². The van der Waals surface area contributed by atoms with Gasteiger partial charge in [0, 0.05) is 30.9 Å². The van der Waals surface area contributed by atoms with Crippen molar-refractivity contribution in [2.75, 3.05) is 19.8 Å². The van der Waals surface area contributed by atoms with E-state index < -0.39 is 24.2 Å². The van der Waals surface area contributed by atoms with Crippen molar-refractivity contribution >= 4 is 28.9 Å². The zero-order chi connectivity index (χ0) is 26.3. The minimum absolute atomic E-state index is 0.131. The third kappa shape index (κ3) is 7.33. The highest BCUT2D eigenvalue weighted by atomic mass is 127. The van der Waals surface area contributed by atoms with Crippen molar-refractivity contribution in [3.63, 3.8) is 0 Å². The molecule has 2 aromatic carbocycles. The highest BCUT2D eigenvalue weighted by Gasteiger charge is 2.38. The Morgan fingerprint density at radius 3 is 2.53 bits per heavy atom. The Bertz CT molecular complexity index is 1130. The molecule has 3 rings (SSSR count). The van der Waals surface area contributed by atoms with Gasteiger partial charge in [0.1, 0.15) is 47.9 Å². The number of nitrogens with zero attached hydrogens (tertiary/aromatic N) is 3. The van der Waals surface area contributed by atoms with Crippen LogP contribution in [0.15, 0.2) is 60.8 Å². The Morgan fingerprint density at radius 2 is 1.92 bits per heavy atom. The SMILES string of the molecule is CC(C)(C)[C@H](c1nc(-c2cccc(F)c2)cn1Cc1ccccc1)N(CC[C@H](N)CF)C(=O)COI. The topological polar surface area (TPSA) is 73.4 Å². The lowest BCUT2D eigenvalue weighted by atomic mass is 9.84. The highest BCUT2D eigenvalue weighted by molar-refractivity contribution is 14.1. The number of hydrogen-bond donors (Lipinski definition) is 1. The van der Waals surface area contributed by atoms with Gasteiger partial charge in [-0.05, 0) is 29.5 Å². The molecule has 0 fully saturated rings. The second-order valence-corrected chi connectivity index (χ2v) is 10.5. The molecule has 36 heavy (non-hydrogen) atoms. The molecule has 0 saturated heterocycles. The van der Waals surface area contributed by atoms with Crippen LogP contribution in [-0.4, -0.2) is 46.2 Å². The van der Waals surface area contributed by atoms with Crippen LogP contribution in [0.4, 0.5) is 8.78 Å². The lowest BCUT2D eigenvalue weighted by Crippen LogP contribution is -2.45. The van der Waals surface area contributed by atoms with Crippen molar-refractivity contribution < 1.29 is 16.6 Å². The van der Waals surface area contributed by atoms with E-state index in [1.54, 1.807) is 40.0 Å². The van der Waals surface area contributed by atoms with Crippen LogP contribution < -0.4 is 5.73 Å². The molecule has 2 N–H and O–H groups in total. The molecule has 0 aliphatic rings. The lowest BCUT2D eigenvalue weighted by molar-refractivity contribution is -0.138. The molecule has 0 spiro atoms. The molecule has 0 aliphatic carbocycles. The molecular weight excluding hydrogens is 577 g/mol. The maximum atomic E-state index is 14.0. The summed E-state index contributed by atoms with van der Waals surface area (Å²) >= 11 is 1.69. The number of imidazole rings is 1. The Morgan fingerprint density at radius 1 is 1.19 bits per heavy atom. The van der Waals surface area contributed by atoms with E-state index >= 15 is 0 Å². The first-order valence-corrected chi connectivity index (χ1v) is 12.7. The molecule has 0 bridgehead atoms. The molecule has 2 atom stereocenters. The van der Waals surface area contributed by atoms with Crippen molar-refractivity contribution in [2.45, 2.75) is 45.8 Å². The first-order chi connectivity index (χ1) is 17.1. The van der Waals surface area contributed by atoms with E-state index in [1.165, 1.54) is 12.1 Å². The zero-order valence-corrected chi connectivity index (χ0v) is 23.0. The smallest absolute Gasteiger partial charge is 0.250 e. The maximum Gasteiger partial charge on any atom is 0.250 e. The quantitative estimate of drug-likeness (QED) is 0.283. The summed E-state index contributed by atoms with van der Waals surface area (Å²) in [5.41, 5.74) is 7.73. The fourth-order valence-electron chi connectivity index (χ4n) is 4.25. The van der Waals surface area contributed by atoms with Crippen LogP contribution in [-0.2, 0) is 14.4 Å². The monoisotopic (exact) mass is 610 g/mol. The maximum absolute atomic E-state index is 14.0. The fraction of sp³-hybridized carbons (Fsp3) is 0.407. The zero-order valence-electron chi connectivity index (χ0n) is 20.8. The van der Waals surface area contributed by atoms with E-state index in [2.05, 4.69) is 0 Å². The largest absolute Gasteiger partial charge is 0.330 e. The van der Waals surface area contributed by atoms with Crippen LogP contribution >= 0.6 is 23.0 Å². The van der Waals surface area contributed by atoms with Crippen molar-refractivity contribution in [2.24, 2.45) is 11.1 Å².